The molecular weight excluding hydrogens is 535 g/mol. The number of para-hydroxylation sites is 1. The van der Waals surface area contributed by atoms with Crippen LogP contribution < -0.4 is 4.90 Å². The van der Waals surface area contributed by atoms with E-state index in [1.165, 1.54) is 50.9 Å². The number of halogens is 1. The van der Waals surface area contributed by atoms with E-state index in [4.69, 9.17) is 0 Å². The van der Waals surface area contributed by atoms with Crippen LogP contribution in [0.25, 0.3) is 10.2 Å². The first-order valence-corrected chi connectivity index (χ1v) is 14.5. The number of aromatic nitrogens is 2. The van der Waals surface area contributed by atoms with Crippen molar-refractivity contribution in [3.05, 3.63) is 120 Å². The molecule has 2 aromatic heterocycles. The molecule has 0 aliphatic rings. The van der Waals surface area contributed by atoms with Crippen molar-refractivity contribution in [1.29, 1.82) is 0 Å². The minimum Gasteiger partial charge on any atom is -0.278 e. The summed E-state index contributed by atoms with van der Waals surface area (Å²) < 4.78 is 43.1. The molecule has 0 saturated carbocycles. The van der Waals surface area contributed by atoms with Crippen molar-refractivity contribution in [3.8, 4) is 0 Å². The molecular formula is C29H25FN4O3S2. The van der Waals surface area contributed by atoms with Crippen LogP contribution in [0.1, 0.15) is 28.5 Å². The Morgan fingerprint density at radius 3 is 2.31 bits per heavy atom. The topological polar surface area (TPSA) is 83.5 Å². The summed E-state index contributed by atoms with van der Waals surface area (Å²) in [6, 6.07) is 25.3. The lowest BCUT2D eigenvalue weighted by Gasteiger charge is -2.22. The van der Waals surface area contributed by atoms with Crippen molar-refractivity contribution in [1.82, 2.24) is 14.3 Å². The fourth-order valence-electron chi connectivity index (χ4n) is 4.13. The molecule has 1 amide bonds. The summed E-state index contributed by atoms with van der Waals surface area (Å²) in [6.45, 7) is 2.44. The fourth-order valence-corrected chi connectivity index (χ4v) is 6.54. The van der Waals surface area contributed by atoms with Gasteiger partial charge in [-0.1, -0.05) is 60.7 Å². The van der Waals surface area contributed by atoms with E-state index in [2.05, 4.69) is 9.97 Å². The Kier molecular flexibility index (Phi) is 7.78. The molecule has 7 nitrogen and oxygen atoms in total. The van der Waals surface area contributed by atoms with Gasteiger partial charge in [0.25, 0.3) is 5.91 Å². The SMILES string of the molecule is CCN(Cc1ccccc1)S(=O)(=O)c1ccc(C(=O)N(Cc2ccccn2)c2nc3c(F)cccc3s2)cc1. The molecule has 0 radical (unpaired) electrons. The molecule has 0 fully saturated rings. The predicted molar refractivity (Wildman–Crippen MR) is 150 cm³/mol. The van der Waals surface area contributed by atoms with Gasteiger partial charge in [-0.25, -0.2) is 17.8 Å². The normalized spacial score (nSPS) is 11.7. The number of sulfonamides is 1. The van der Waals surface area contributed by atoms with Crippen LogP contribution in [-0.2, 0) is 23.1 Å². The number of thiazole rings is 1. The number of fused-ring (bicyclic) bond motifs is 1. The standard InChI is InChI=1S/C29H25FN4O3S2/c1-2-33(19-21-9-4-3-5-10-21)39(36,37)24-16-14-22(15-17-24)28(35)34(20-23-11-6-7-18-31-23)29-32-27-25(30)12-8-13-26(27)38-29/h3-18H,2,19-20H2,1H3. The zero-order valence-corrected chi connectivity index (χ0v) is 22.7. The van der Waals surface area contributed by atoms with Crippen molar-refractivity contribution in [2.75, 3.05) is 11.4 Å². The summed E-state index contributed by atoms with van der Waals surface area (Å²) >= 11 is 1.20. The van der Waals surface area contributed by atoms with E-state index in [1.54, 1.807) is 37.4 Å². The van der Waals surface area contributed by atoms with Crippen molar-refractivity contribution in [3.63, 3.8) is 0 Å². The average molecular weight is 561 g/mol. The number of hydrogen-bond acceptors (Lipinski definition) is 6. The lowest BCUT2D eigenvalue weighted by molar-refractivity contribution is 0.0984. The van der Waals surface area contributed by atoms with Gasteiger partial charge in [0, 0.05) is 24.8 Å². The summed E-state index contributed by atoms with van der Waals surface area (Å²) in [7, 11) is -3.79. The van der Waals surface area contributed by atoms with E-state index < -0.39 is 21.7 Å². The average Bonchev–Trinajstić information content (AvgIpc) is 3.41. The Balaban J connectivity index is 1.45. The van der Waals surface area contributed by atoms with Gasteiger partial charge in [-0.3, -0.25) is 14.7 Å². The fraction of sp³-hybridized carbons (Fsp3) is 0.138. The molecule has 0 spiro atoms. The lowest BCUT2D eigenvalue weighted by Crippen LogP contribution is -2.31. The van der Waals surface area contributed by atoms with Gasteiger partial charge in [0.15, 0.2) is 5.13 Å². The summed E-state index contributed by atoms with van der Waals surface area (Å²) in [6.07, 6.45) is 1.63. The molecule has 0 aliphatic carbocycles. The van der Waals surface area contributed by atoms with Crippen molar-refractivity contribution >= 4 is 42.6 Å². The zero-order valence-electron chi connectivity index (χ0n) is 21.1. The van der Waals surface area contributed by atoms with Crippen LogP contribution in [0.3, 0.4) is 0 Å². The second-order valence-electron chi connectivity index (χ2n) is 8.74. The number of rotatable bonds is 9. The van der Waals surface area contributed by atoms with Crippen LogP contribution >= 0.6 is 11.3 Å². The third-order valence-corrected chi connectivity index (χ3v) is 9.15. The Labute approximate surface area is 230 Å². The molecule has 39 heavy (non-hydrogen) atoms. The number of nitrogens with zero attached hydrogens (tertiary/aromatic N) is 4. The first-order chi connectivity index (χ1) is 18.9. The minimum atomic E-state index is -3.79. The van der Waals surface area contributed by atoms with Crippen molar-refractivity contribution < 1.29 is 17.6 Å². The molecule has 3 aromatic carbocycles. The summed E-state index contributed by atoms with van der Waals surface area (Å²) in [5.41, 5.74) is 1.97. The number of amides is 1. The molecule has 5 aromatic rings. The highest BCUT2D eigenvalue weighted by atomic mass is 32.2. The van der Waals surface area contributed by atoms with Crippen LogP contribution in [0.5, 0.6) is 0 Å². The highest BCUT2D eigenvalue weighted by molar-refractivity contribution is 7.89. The third-order valence-electron chi connectivity index (χ3n) is 6.17. The Morgan fingerprint density at radius 1 is 0.897 bits per heavy atom. The van der Waals surface area contributed by atoms with Crippen LogP contribution in [0, 0.1) is 5.82 Å². The molecule has 0 unspecified atom stereocenters. The van der Waals surface area contributed by atoms with Gasteiger partial charge in [-0.15, -0.1) is 0 Å². The molecule has 2 heterocycles. The number of anilines is 1. The van der Waals surface area contributed by atoms with Gasteiger partial charge in [0.1, 0.15) is 11.3 Å². The van der Waals surface area contributed by atoms with Crippen molar-refractivity contribution in [2.45, 2.75) is 24.9 Å². The maximum absolute atomic E-state index is 14.4. The van der Waals surface area contributed by atoms with E-state index >= 15 is 0 Å². The molecule has 0 atom stereocenters. The third kappa shape index (κ3) is 5.73. The van der Waals surface area contributed by atoms with Crippen molar-refractivity contribution in [2.24, 2.45) is 0 Å². The quantitative estimate of drug-likeness (QED) is 0.225. The van der Waals surface area contributed by atoms with Crippen LogP contribution in [0.4, 0.5) is 9.52 Å². The number of hydrogen-bond donors (Lipinski definition) is 0. The first-order valence-electron chi connectivity index (χ1n) is 12.3. The number of carbonyl (C=O) groups excluding carboxylic acids is 1. The summed E-state index contributed by atoms with van der Waals surface area (Å²) in [5.74, 6) is -0.869. The van der Waals surface area contributed by atoms with E-state index in [-0.39, 0.29) is 29.1 Å². The Hall–Kier alpha value is -3.99. The molecule has 0 aliphatic heterocycles. The van der Waals surface area contributed by atoms with E-state index in [9.17, 15) is 17.6 Å². The van der Waals surface area contributed by atoms with Crippen LogP contribution in [0.15, 0.2) is 102 Å². The lowest BCUT2D eigenvalue weighted by atomic mass is 10.2. The second kappa shape index (κ2) is 11.4. The minimum absolute atomic E-state index is 0.0927. The van der Waals surface area contributed by atoms with Crippen LogP contribution in [-0.4, -0.2) is 35.1 Å². The molecule has 0 N–H and O–H groups in total. The van der Waals surface area contributed by atoms with Gasteiger partial charge in [-0.2, -0.15) is 4.31 Å². The van der Waals surface area contributed by atoms with Gasteiger partial charge in [0.2, 0.25) is 10.0 Å². The first kappa shape index (κ1) is 26.6. The smallest absolute Gasteiger partial charge is 0.260 e. The predicted octanol–water partition coefficient (Wildman–Crippen LogP) is 5.89. The van der Waals surface area contributed by atoms with Gasteiger partial charge >= 0.3 is 0 Å². The number of carbonyl (C=O) groups is 1. The monoisotopic (exact) mass is 560 g/mol. The van der Waals surface area contributed by atoms with Gasteiger partial charge < -0.3 is 0 Å². The highest BCUT2D eigenvalue weighted by Crippen LogP contribution is 2.32. The van der Waals surface area contributed by atoms with Gasteiger partial charge in [-0.05, 0) is 54.1 Å². The Morgan fingerprint density at radius 2 is 1.64 bits per heavy atom. The largest absolute Gasteiger partial charge is 0.278 e. The van der Waals surface area contributed by atoms with E-state index in [0.29, 0.717) is 22.1 Å². The molecule has 0 saturated heterocycles. The van der Waals surface area contributed by atoms with Crippen LogP contribution in [0.2, 0.25) is 0 Å². The highest BCUT2D eigenvalue weighted by Gasteiger charge is 2.26. The van der Waals surface area contributed by atoms with E-state index in [1.807, 2.05) is 36.4 Å². The Bertz CT molecular complexity index is 1690. The summed E-state index contributed by atoms with van der Waals surface area (Å²) in [4.78, 5) is 24.0. The maximum atomic E-state index is 14.4. The van der Waals surface area contributed by atoms with Gasteiger partial charge in [0.05, 0.1) is 21.8 Å². The molecule has 10 heteroatoms. The van der Waals surface area contributed by atoms with E-state index in [0.717, 1.165) is 5.56 Å². The zero-order chi connectivity index (χ0) is 27.4. The number of benzene rings is 3. The molecule has 5 rings (SSSR count). The maximum Gasteiger partial charge on any atom is 0.260 e. The second-order valence-corrected chi connectivity index (χ2v) is 11.7. The molecule has 0 bridgehead atoms. The number of pyridine rings is 1. The summed E-state index contributed by atoms with van der Waals surface area (Å²) in [5, 5.41) is 0.322. The molecule has 198 valence electrons.